The lowest BCUT2D eigenvalue weighted by atomic mass is 10.00. The smallest absolute Gasteiger partial charge is 0.306 e. The minimum Gasteiger partial charge on any atom is -0.481 e. The fourth-order valence-corrected chi connectivity index (χ4v) is 0.953. The first-order chi connectivity index (χ1) is 4.72. The number of hydrogen-bond donors (Lipinski definition) is 2. The van der Waals surface area contributed by atoms with Crippen molar-refractivity contribution in [1.29, 1.82) is 0 Å². The molecular weight excluding hydrogens is 142 g/mol. The van der Waals surface area contributed by atoms with Crippen LogP contribution in [0.5, 0.6) is 0 Å². The number of hydrogen-bond acceptors (Lipinski definition) is 1. The van der Waals surface area contributed by atoms with E-state index in [9.17, 15) is 4.79 Å². The Hall–Kier alpha value is -0.570. The molecule has 3 nitrogen and oxygen atoms in total. The molecule has 1 atom stereocenters. The van der Waals surface area contributed by atoms with E-state index in [1.165, 1.54) is 0 Å². The second-order valence-electron chi connectivity index (χ2n) is 2.59. The molecule has 0 radical (unpaired) electrons. The molecule has 0 saturated heterocycles. The van der Waals surface area contributed by atoms with E-state index < -0.39 is 5.97 Å². The predicted molar refractivity (Wildman–Crippen MR) is 46.9 cm³/mol. The van der Waals surface area contributed by atoms with Gasteiger partial charge in [0.25, 0.3) is 0 Å². The Bertz CT molecular complexity index is 104. The van der Waals surface area contributed by atoms with Crippen molar-refractivity contribution >= 4 is 5.97 Å². The fraction of sp³-hybridized carbons (Fsp3) is 0.875. The summed E-state index contributed by atoms with van der Waals surface area (Å²) in [6, 6.07) is 0. The minimum absolute atomic E-state index is 0. The maximum atomic E-state index is 10.4. The van der Waals surface area contributed by atoms with Crippen molar-refractivity contribution in [3.63, 3.8) is 0 Å². The van der Waals surface area contributed by atoms with E-state index in [1.54, 1.807) is 0 Å². The molecule has 0 aromatic rings. The number of rotatable bonds is 5. The molecule has 0 bridgehead atoms. The zero-order valence-electron chi connectivity index (χ0n) is 7.76. The quantitative estimate of drug-likeness (QED) is 0.652. The lowest BCUT2D eigenvalue weighted by molar-refractivity contribution is -0.142. The van der Waals surface area contributed by atoms with E-state index in [2.05, 4.69) is 6.92 Å². The lowest BCUT2D eigenvalue weighted by Gasteiger charge is -2.06. The van der Waals surface area contributed by atoms with Crippen molar-refractivity contribution in [2.75, 3.05) is 0 Å². The monoisotopic (exact) mass is 162 g/mol. The van der Waals surface area contributed by atoms with Crippen LogP contribution in [0.1, 0.15) is 39.5 Å². The van der Waals surface area contributed by atoms with Crippen LogP contribution in [-0.4, -0.2) is 11.1 Å². The first kappa shape index (κ1) is 13.1. The van der Waals surface area contributed by atoms with E-state index in [1.807, 2.05) is 6.92 Å². The van der Waals surface area contributed by atoms with Gasteiger partial charge in [-0.2, -0.15) is 0 Å². The molecule has 11 heavy (non-hydrogen) atoms. The molecule has 0 aliphatic carbocycles. The molecule has 0 heterocycles. The summed E-state index contributed by atoms with van der Waals surface area (Å²) < 4.78 is 0. The van der Waals surface area contributed by atoms with Gasteiger partial charge in [0.15, 0.2) is 0 Å². The zero-order chi connectivity index (χ0) is 7.98. The van der Waals surface area contributed by atoms with Crippen molar-refractivity contribution < 1.29 is 9.90 Å². The number of quaternary nitrogens is 1. The normalized spacial score (nSPS) is 11.8. The Kier molecular flexibility index (Phi) is 8.94. The Balaban J connectivity index is 0. The summed E-state index contributed by atoms with van der Waals surface area (Å²) >= 11 is 0. The Morgan fingerprint density at radius 2 is 2.00 bits per heavy atom. The van der Waals surface area contributed by atoms with Gasteiger partial charge in [0, 0.05) is 0 Å². The van der Waals surface area contributed by atoms with Gasteiger partial charge in [-0.25, -0.2) is 0 Å². The molecule has 0 aromatic carbocycles. The number of unbranched alkanes of at least 4 members (excludes halogenated alkanes) is 1. The van der Waals surface area contributed by atoms with Gasteiger partial charge in [0.05, 0.1) is 5.92 Å². The highest BCUT2D eigenvalue weighted by Crippen LogP contribution is 2.11. The van der Waals surface area contributed by atoms with Gasteiger partial charge in [0.2, 0.25) is 0 Å². The van der Waals surface area contributed by atoms with E-state index in [4.69, 9.17) is 5.11 Å². The average molecular weight is 162 g/mol. The largest absolute Gasteiger partial charge is 0.481 e. The Morgan fingerprint density at radius 3 is 2.27 bits per heavy atom. The van der Waals surface area contributed by atoms with Crippen LogP contribution >= 0.6 is 0 Å². The van der Waals surface area contributed by atoms with Crippen molar-refractivity contribution in [1.82, 2.24) is 6.15 Å². The second kappa shape index (κ2) is 7.54. The van der Waals surface area contributed by atoms with Gasteiger partial charge in [-0.05, 0) is 12.8 Å². The van der Waals surface area contributed by atoms with E-state index in [0.717, 1.165) is 25.7 Å². The summed E-state index contributed by atoms with van der Waals surface area (Å²) in [4.78, 5) is 10.4. The second-order valence-corrected chi connectivity index (χ2v) is 2.59. The van der Waals surface area contributed by atoms with Crippen LogP contribution in [0.25, 0.3) is 0 Å². The highest BCUT2D eigenvalue weighted by atomic mass is 16.4. The molecule has 0 aliphatic rings. The number of carbonyl (C=O) groups is 1. The number of carboxylic acids is 1. The minimum atomic E-state index is -0.643. The molecule has 0 saturated carbocycles. The van der Waals surface area contributed by atoms with E-state index in [-0.39, 0.29) is 12.1 Å². The van der Waals surface area contributed by atoms with E-state index >= 15 is 0 Å². The SMILES string of the molecule is CCCCC(CC)C(=O)O.[NH4+]. The van der Waals surface area contributed by atoms with E-state index in [0.29, 0.717) is 0 Å². The average Bonchev–Trinajstić information content (AvgIpc) is 1.89. The fourth-order valence-electron chi connectivity index (χ4n) is 0.953. The molecule has 0 spiro atoms. The predicted octanol–water partition coefficient (Wildman–Crippen LogP) is 2.66. The van der Waals surface area contributed by atoms with Crippen molar-refractivity contribution in [3.05, 3.63) is 0 Å². The molecule has 0 aromatic heterocycles. The molecule has 0 rings (SSSR count). The van der Waals surface area contributed by atoms with Crippen LogP contribution in [0.15, 0.2) is 0 Å². The summed E-state index contributed by atoms with van der Waals surface area (Å²) in [6.07, 6.45) is 3.71. The lowest BCUT2D eigenvalue weighted by Crippen LogP contribution is -2.11. The van der Waals surface area contributed by atoms with Gasteiger partial charge in [-0.3, -0.25) is 4.79 Å². The van der Waals surface area contributed by atoms with Crippen molar-refractivity contribution in [3.8, 4) is 0 Å². The molecule has 0 amide bonds. The highest BCUT2D eigenvalue weighted by Gasteiger charge is 2.12. The summed E-state index contributed by atoms with van der Waals surface area (Å²) in [5.41, 5.74) is 0. The first-order valence-electron chi connectivity index (χ1n) is 3.95. The third-order valence-corrected chi connectivity index (χ3v) is 1.75. The molecule has 0 aliphatic heterocycles. The zero-order valence-corrected chi connectivity index (χ0v) is 7.76. The summed E-state index contributed by atoms with van der Waals surface area (Å²) in [7, 11) is 0. The third-order valence-electron chi connectivity index (χ3n) is 1.75. The number of carboxylic acid groups (broad SMARTS) is 1. The molecule has 68 valence electrons. The maximum Gasteiger partial charge on any atom is 0.306 e. The first-order valence-corrected chi connectivity index (χ1v) is 3.95. The summed E-state index contributed by atoms with van der Waals surface area (Å²) in [6.45, 7) is 4.00. The maximum absolute atomic E-state index is 10.4. The van der Waals surface area contributed by atoms with Gasteiger partial charge >= 0.3 is 5.97 Å². The van der Waals surface area contributed by atoms with Crippen LogP contribution in [0, 0.1) is 5.92 Å². The van der Waals surface area contributed by atoms with Crippen LogP contribution < -0.4 is 6.15 Å². The van der Waals surface area contributed by atoms with Crippen molar-refractivity contribution in [2.45, 2.75) is 39.5 Å². The van der Waals surface area contributed by atoms with Crippen LogP contribution in [0.3, 0.4) is 0 Å². The Morgan fingerprint density at radius 1 is 1.45 bits per heavy atom. The van der Waals surface area contributed by atoms with Crippen molar-refractivity contribution in [2.24, 2.45) is 5.92 Å². The van der Waals surface area contributed by atoms with Gasteiger partial charge in [-0.1, -0.05) is 26.7 Å². The van der Waals surface area contributed by atoms with Gasteiger partial charge in [0.1, 0.15) is 0 Å². The standard InChI is InChI=1S/C8H16O2.H3N/c1-3-5-6-7(4-2)8(9)10;/h7H,3-6H2,1-2H3,(H,9,10);1H3/p+1. The van der Waals surface area contributed by atoms with Gasteiger partial charge in [-0.15, -0.1) is 0 Å². The Labute approximate surface area is 68.4 Å². The molecule has 0 fully saturated rings. The van der Waals surface area contributed by atoms with Gasteiger partial charge < -0.3 is 11.3 Å². The molecule has 1 unspecified atom stereocenters. The number of aliphatic carboxylic acids is 1. The molecule has 3 heteroatoms. The molecule has 5 N–H and O–H groups in total. The van der Waals surface area contributed by atoms with Crippen LogP contribution in [0.2, 0.25) is 0 Å². The third kappa shape index (κ3) is 5.85. The van der Waals surface area contributed by atoms with Crippen LogP contribution in [0.4, 0.5) is 0 Å². The van der Waals surface area contributed by atoms with Crippen LogP contribution in [-0.2, 0) is 4.79 Å². The highest BCUT2D eigenvalue weighted by molar-refractivity contribution is 5.69. The summed E-state index contributed by atoms with van der Waals surface area (Å²) in [5, 5.41) is 8.60. The molecular formula is C8H20NO2+. The summed E-state index contributed by atoms with van der Waals surface area (Å²) in [5.74, 6) is -0.754. The topological polar surface area (TPSA) is 73.8 Å².